The van der Waals surface area contributed by atoms with Crippen molar-refractivity contribution in [1.82, 2.24) is 15.0 Å². The predicted molar refractivity (Wildman–Crippen MR) is 202 cm³/mol. The van der Waals surface area contributed by atoms with Crippen LogP contribution in [0.25, 0.3) is 100 Å². The Morgan fingerprint density at radius 1 is 0.380 bits per heavy atom. The van der Waals surface area contributed by atoms with Crippen molar-refractivity contribution in [3.05, 3.63) is 164 Å². The minimum atomic E-state index is -0.428. The fourth-order valence-corrected chi connectivity index (χ4v) is 6.64. The molecule has 0 spiro atoms. The van der Waals surface area contributed by atoms with Gasteiger partial charge in [0.25, 0.3) is 0 Å². The van der Waals surface area contributed by atoms with Crippen LogP contribution in [0.15, 0.2) is 173 Å². The monoisotopic (exact) mass is 646 g/mol. The highest BCUT2D eigenvalue weighted by molar-refractivity contribution is 6.15. The van der Waals surface area contributed by atoms with Crippen LogP contribution in [-0.2, 0) is 0 Å². The second-order valence-electron chi connectivity index (χ2n) is 12.0. The van der Waals surface area contributed by atoms with Gasteiger partial charge in [0.15, 0.2) is 17.5 Å². The van der Waals surface area contributed by atoms with Crippen LogP contribution < -0.4 is 0 Å². The van der Waals surface area contributed by atoms with Crippen LogP contribution in [0, 0.1) is 0 Å². The lowest BCUT2D eigenvalue weighted by molar-refractivity contribution is 0.665. The second-order valence-corrected chi connectivity index (χ2v) is 12.0. The van der Waals surface area contributed by atoms with Gasteiger partial charge in [-0.2, -0.15) is 0 Å². The molecule has 3 heterocycles. The molecule has 10 rings (SSSR count). The fourth-order valence-electron chi connectivity index (χ4n) is 6.64. The molecule has 0 saturated carbocycles. The molecule has 0 saturated heterocycles. The van der Waals surface area contributed by atoms with Crippen molar-refractivity contribution in [1.29, 1.82) is 0 Å². The summed E-state index contributed by atoms with van der Waals surface area (Å²) < 4.78 is 54.1. The number of nitrogens with zero attached hydrogens (tertiary/aromatic N) is 3. The SMILES string of the molecule is [2H]c1c([2H])c([2H])c(-c2ccc(-c3nc(-c4ccccc4)nc(-c4ccc5c(c4)oc4c(-c6cccc7c6oc6ccccc67)cccc45)n3)cc2)c([2H])c1[2H]. The zero-order valence-corrected chi connectivity index (χ0v) is 26.4. The molecule has 0 aliphatic heterocycles. The summed E-state index contributed by atoms with van der Waals surface area (Å²) >= 11 is 0. The Hall–Kier alpha value is -6.85. The molecule has 0 radical (unpaired) electrons. The van der Waals surface area contributed by atoms with Gasteiger partial charge < -0.3 is 8.83 Å². The second kappa shape index (κ2) is 11.4. The van der Waals surface area contributed by atoms with Crippen LogP contribution in [0.4, 0.5) is 0 Å². The van der Waals surface area contributed by atoms with Crippen molar-refractivity contribution in [2.45, 2.75) is 0 Å². The highest BCUT2D eigenvalue weighted by Crippen LogP contribution is 2.41. The molecule has 0 bridgehead atoms. The summed E-state index contributed by atoms with van der Waals surface area (Å²) in [6.07, 6.45) is 0. The van der Waals surface area contributed by atoms with Crippen molar-refractivity contribution in [2.24, 2.45) is 0 Å². The van der Waals surface area contributed by atoms with Gasteiger partial charge in [0, 0.05) is 49.4 Å². The van der Waals surface area contributed by atoms with Crippen molar-refractivity contribution in [2.75, 3.05) is 0 Å². The van der Waals surface area contributed by atoms with Gasteiger partial charge in [0.05, 0.1) is 6.85 Å². The maximum Gasteiger partial charge on any atom is 0.164 e. The number of rotatable bonds is 5. The molecule has 0 N–H and O–H groups in total. The van der Waals surface area contributed by atoms with E-state index >= 15 is 0 Å². The summed E-state index contributed by atoms with van der Waals surface area (Å²) in [5.74, 6) is 1.36. The molecule has 5 nitrogen and oxygen atoms in total. The summed E-state index contributed by atoms with van der Waals surface area (Å²) in [6, 6.07) is 41.4. The van der Waals surface area contributed by atoms with Crippen LogP contribution >= 0.6 is 0 Å². The summed E-state index contributed by atoms with van der Waals surface area (Å²) in [5.41, 5.74) is 7.82. The molecule has 7 aromatic carbocycles. The van der Waals surface area contributed by atoms with Crippen LogP contribution in [-0.4, -0.2) is 15.0 Å². The average molecular weight is 647 g/mol. The third kappa shape index (κ3) is 4.67. The van der Waals surface area contributed by atoms with Gasteiger partial charge in [-0.3, -0.25) is 0 Å². The van der Waals surface area contributed by atoms with Crippen molar-refractivity contribution >= 4 is 43.9 Å². The van der Waals surface area contributed by atoms with Gasteiger partial charge in [-0.15, -0.1) is 0 Å². The van der Waals surface area contributed by atoms with Crippen LogP contribution in [0.3, 0.4) is 0 Å². The van der Waals surface area contributed by atoms with E-state index in [-0.39, 0.29) is 29.7 Å². The van der Waals surface area contributed by atoms with E-state index < -0.39 is 6.04 Å². The summed E-state index contributed by atoms with van der Waals surface area (Å²) in [6.45, 7) is 0. The van der Waals surface area contributed by atoms with Gasteiger partial charge in [0.2, 0.25) is 0 Å². The Bertz CT molecular complexity index is 3130. The number of aromatic nitrogens is 3. The minimum absolute atomic E-state index is 0.135. The van der Waals surface area contributed by atoms with E-state index in [4.69, 9.17) is 30.6 Å². The van der Waals surface area contributed by atoms with E-state index in [1.54, 1.807) is 24.3 Å². The van der Waals surface area contributed by atoms with E-state index in [0.717, 1.165) is 60.5 Å². The lowest BCUT2D eigenvalue weighted by Gasteiger charge is -2.09. The first-order valence-corrected chi connectivity index (χ1v) is 16.2. The van der Waals surface area contributed by atoms with Crippen LogP contribution in [0.1, 0.15) is 6.85 Å². The zero-order chi connectivity index (χ0) is 37.4. The van der Waals surface area contributed by atoms with E-state index in [9.17, 15) is 0 Å². The quantitative estimate of drug-likeness (QED) is 0.186. The lowest BCUT2D eigenvalue weighted by atomic mass is 10.00. The van der Waals surface area contributed by atoms with Crippen molar-refractivity contribution in [3.8, 4) is 56.4 Å². The molecule has 0 atom stereocenters. The van der Waals surface area contributed by atoms with E-state index in [1.807, 2.05) is 78.9 Å². The highest BCUT2D eigenvalue weighted by atomic mass is 16.3. The predicted octanol–water partition coefficient (Wildman–Crippen LogP) is 12.0. The normalized spacial score (nSPS) is 13.0. The highest BCUT2D eigenvalue weighted by Gasteiger charge is 2.19. The molecule has 0 unspecified atom stereocenters. The lowest BCUT2D eigenvalue weighted by Crippen LogP contribution is -2.00. The molecule has 0 fully saturated rings. The van der Waals surface area contributed by atoms with Crippen LogP contribution in [0.2, 0.25) is 0 Å². The molecule has 0 aliphatic rings. The number of hydrogen-bond donors (Lipinski definition) is 0. The maximum absolute atomic E-state index is 8.42. The molecule has 3 aromatic heterocycles. The number of furan rings is 2. The van der Waals surface area contributed by atoms with Crippen molar-refractivity contribution < 1.29 is 15.7 Å². The first kappa shape index (κ1) is 23.5. The Labute approximate surface area is 294 Å². The Balaban J connectivity index is 1.09. The van der Waals surface area contributed by atoms with Gasteiger partial charge in [0.1, 0.15) is 22.3 Å². The molecule has 234 valence electrons. The number of fused-ring (bicyclic) bond motifs is 6. The number of benzene rings is 7. The van der Waals surface area contributed by atoms with Crippen LogP contribution in [0.5, 0.6) is 0 Å². The number of para-hydroxylation sites is 3. The standard InChI is InChI=1S/C45H27N3O2/c1-3-11-28(12-4-1)29-21-23-31(24-22-29)44-46-43(30-13-5-2-6-14-30)47-45(48-44)32-25-26-34-36-17-10-19-38(42(36)50-40(34)27-32)37-18-9-16-35-33-15-7-8-20-39(33)49-41(35)37/h1-27H/i1D,3D,4D,11D,12D. The summed E-state index contributed by atoms with van der Waals surface area (Å²) in [4.78, 5) is 14.7. The molecular formula is C45H27N3O2. The van der Waals surface area contributed by atoms with Gasteiger partial charge in [-0.05, 0) is 29.3 Å². The van der Waals surface area contributed by atoms with Gasteiger partial charge >= 0.3 is 0 Å². The topological polar surface area (TPSA) is 65.0 Å². The molecule has 5 heteroatoms. The number of hydrogen-bond acceptors (Lipinski definition) is 5. The van der Waals surface area contributed by atoms with E-state index in [1.165, 1.54) is 0 Å². The van der Waals surface area contributed by atoms with E-state index in [0.29, 0.717) is 34.2 Å². The first-order chi connectivity index (χ1) is 26.8. The average Bonchev–Trinajstić information content (AvgIpc) is 3.81. The first-order valence-electron chi connectivity index (χ1n) is 18.7. The Morgan fingerprint density at radius 3 is 1.60 bits per heavy atom. The minimum Gasteiger partial charge on any atom is -0.455 e. The Kier molecular flexibility index (Phi) is 5.35. The zero-order valence-electron chi connectivity index (χ0n) is 31.4. The molecular weight excluding hydrogens is 615 g/mol. The van der Waals surface area contributed by atoms with Gasteiger partial charge in [-0.25, -0.2) is 15.0 Å². The van der Waals surface area contributed by atoms with Gasteiger partial charge in [-0.1, -0.05) is 145 Å². The third-order valence-corrected chi connectivity index (χ3v) is 9.05. The molecule has 0 amide bonds. The largest absolute Gasteiger partial charge is 0.455 e. The maximum atomic E-state index is 8.42. The molecule has 50 heavy (non-hydrogen) atoms. The summed E-state index contributed by atoms with van der Waals surface area (Å²) in [5, 5.41) is 4.05. The summed E-state index contributed by atoms with van der Waals surface area (Å²) in [7, 11) is 0. The van der Waals surface area contributed by atoms with Crippen molar-refractivity contribution in [3.63, 3.8) is 0 Å². The fraction of sp³-hybridized carbons (Fsp3) is 0. The Morgan fingerprint density at radius 2 is 0.900 bits per heavy atom. The third-order valence-electron chi connectivity index (χ3n) is 9.05. The smallest absolute Gasteiger partial charge is 0.164 e. The molecule has 0 aliphatic carbocycles. The molecule has 10 aromatic rings. The van der Waals surface area contributed by atoms with E-state index in [2.05, 4.69) is 30.3 Å².